The Bertz CT molecular complexity index is 1320. The van der Waals surface area contributed by atoms with Gasteiger partial charge in [0.1, 0.15) is 30.2 Å². The highest BCUT2D eigenvalue weighted by Crippen LogP contribution is 2.07. The number of carboxylic acids is 1. The second kappa shape index (κ2) is 28.0. The monoisotopic (exact) mass is 769 g/mol. The molecule has 0 rings (SSSR count). The number of hydrogen-bond donors (Lipinski definition) is 13. The highest BCUT2D eigenvalue weighted by molar-refractivity contribution is 5.96. The summed E-state index contributed by atoms with van der Waals surface area (Å²) in [5.74, 6) is -5.12. The molecule has 0 aliphatic carbocycles. The number of nitrogens with two attached hydrogens (primary N) is 6. The molecule has 306 valence electrons. The first-order chi connectivity index (χ1) is 25.5. The van der Waals surface area contributed by atoms with Gasteiger partial charge in [-0.15, -0.1) is 5.53 Å². The molecule has 0 saturated heterocycles. The number of aliphatic carboxylic acids is 1. The quantitative estimate of drug-likeness (QED) is 0.00658. The lowest BCUT2D eigenvalue weighted by molar-refractivity contribution is -0.142. The van der Waals surface area contributed by atoms with Gasteiger partial charge in [0, 0.05) is 13.1 Å². The van der Waals surface area contributed by atoms with Crippen LogP contribution in [0.1, 0.15) is 78.1 Å². The van der Waals surface area contributed by atoms with E-state index in [2.05, 4.69) is 52.1 Å². The summed E-state index contributed by atoms with van der Waals surface area (Å²) >= 11 is 0. The minimum absolute atomic E-state index is 0.0126. The van der Waals surface area contributed by atoms with Crippen molar-refractivity contribution in [3.8, 4) is 0 Å². The molecule has 0 aromatic rings. The minimum atomic E-state index is -1.29. The number of hydrogen-bond acceptors (Lipinski definition) is 11. The van der Waals surface area contributed by atoms with Gasteiger partial charge in [-0.1, -0.05) is 0 Å². The summed E-state index contributed by atoms with van der Waals surface area (Å²) in [7, 11) is 0. The van der Waals surface area contributed by atoms with Crippen LogP contribution >= 0.6 is 0 Å². The molecule has 0 saturated carbocycles. The van der Waals surface area contributed by atoms with Crippen molar-refractivity contribution < 1.29 is 33.9 Å². The number of rotatable bonds is 29. The zero-order chi connectivity index (χ0) is 41.1. The molecule has 0 heterocycles. The molecule has 5 amide bonds. The molecule has 19 N–H and O–H groups in total. The zero-order valence-electron chi connectivity index (χ0n) is 31.0. The van der Waals surface area contributed by atoms with Gasteiger partial charge in [-0.05, 0) is 89.8 Å². The van der Waals surface area contributed by atoms with Crippen molar-refractivity contribution in [3.05, 3.63) is 10.4 Å². The molecule has 24 heteroatoms. The summed E-state index contributed by atoms with van der Waals surface area (Å²) in [6, 6.07) is -6.88. The van der Waals surface area contributed by atoms with Crippen LogP contribution in [0.3, 0.4) is 0 Å². The van der Waals surface area contributed by atoms with Crippen molar-refractivity contribution in [3.63, 3.8) is 0 Å². The second-order valence-electron chi connectivity index (χ2n) is 12.4. The van der Waals surface area contributed by atoms with Crippen molar-refractivity contribution in [2.24, 2.45) is 49.6 Å². The van der Waals surface area contributed by atoms with Gasteiger partial charge in [0.05, 0.1) is 12.6 Å². The lowest BCUT2D eigenvalue weighted by atomic mass is 10.1. The van der Waals surface area contributed by atoms with Gasteiger partial charge in [-0.3, -0.25) is 39.4 Å². The Labute approximate surface area is 313 Å². The SMILES string of the molecule is C[C@H](NC(=O)[C@H](CCCCN)NC(=O)[C@H](C)NC(=O)[C@@H](N)CCCN=C(N)N)C(=O)N[C@@H](CCCN=C(N)N)C(=O)N[C@@H](CCCCNN=[N+]=[N-])C(=O)O. The zero-order valence-corrected chi connectivity index (χ0v) is 31.0. The number of carbonyl (C=O) groups is 6. The second-order valence-corrected chi connectivity index (χ2v) is 12.4. The molecule has 0 aromatic carbocycles. The van der Waals surface area contributed by atoms with Gasteiger partial charge in [0.25, 0.3) is 0 Å². The molecule has 0 radical (unpaired) electrons. The summed E-state index contributed by atoms with van der Waals surface area (Å²) in [6.45, 7) is 3.79. The first-order valence-electron chi connectivity index (χ1n) is 17.6. The average molecular weight is 770 g/mol. The maximum atomic E-state index is 13.3. The van der Waals surface area contributed by atoms with E-state index in [-0.39, 0.29) is 57.1 Å². The van der Waals surface area contributed by atoms with Crippen LogP contribution in [0.15, 0.2) is 15.2 Å². The summed E-state index contributed by atoms with van der Waals surface area (Å²) in [4.78, 5) is 87.5. The highest BCUT2D eigenvalue weighted by atomic mass is 16.4. The number of nitrogens with one attached hydrogen (secondary N) is 6. The molecular weight excluding hydrogens is 710 g/mol. The van der Waals surface area contributed by atoms with Crippen LogP contribution in [0.4, 0.5) is 0 Å². The van der Waals surface area contributed by atoms with E-state index in [0.717, 1.165) is 0 Å². The maximum absolute atomic E-state index is 13.3. The van der Waals surface area contributed by atoms with Gasteiger partial charge in [-0.2, -0.15) is 4.91 Å². The van der Waals surface area contributed by atoms with Crippen LogP contribution in [-0.4, -0.2) is 115 Å². The topological polar surface area (TPSA) is 424 Å². The lowest BCUT2D eigenvalue weighted by Gasteiger charge is -2.25. The number of carboxylic acid groups (broad SMARTS) is 1. The van der Waals surface area contributed by atoms with E-state index < -0.39 is 71.8 Å². The smallest absolute Gasteiger partial charge is 0.326 e. The van der Waals surface area contributed by atoms with Crippen LogP contribution in [0.5, 0.6) is 0 Å². The molecule has 24 nitrogen and oxygen atoms in total. The van der Waals surface area contributed by atoms with E-state index >= 15 is 0 Å². The Morgan fingerprint density at radius 2 is 1.07 bits per heavy atom. The summed E-state index contributed by atoms with van der Waals surface area (Å²) in [5.41, 5.74) is 43.6. The fourth-order valence-corrected chi connectivity index (χ4v) is 4.71. The third-order valence-corrected chi connectivity index (χ3v) is 7.73. The van der Waals surface area contributed by atoms with Crippen molar-refractivity contribution in [1.29, 1.82) is 0 Å². The number of carbonyl (C=O) groups excluding carboxylic acids is 5. The van der Waals surface area contributed by atoms with E-state index in [9.17, 15) is 33.9 Å². The Balaban J connectivity index is 5.61. The van der Waals surface area contributed by atoms with Crippen molar-refractivity contribution in [2.45, 2.75) is 114 Å². The molecule has 0 fully saturated rings. The highest BCUT2D eigenvalue weighted by Gasteiger charge is 2.30. The Kier molecular flexibility index (Phi) is 25.1. The number of azide groups is 1. The van der Waals surface area contributed by atoms with E-state index in [0.29, 0.717) is 45.2 Å². The van der Waals surface area contributed by atoms with E-state index in [1.165, 1.54) is 13.8 Å². The van der Waals surface area contributed by atoms with Gasteiger partial charge in [0.15, 0.2) is 11.9 Å². The summed E-state index contributed by atoms with van der Waals surface area (Å²) in [5, 5.41) is 25.5. The van der Waals surface area contributed by atoms with Crippen LogP contribution in [0.25, 0.3) is 10.4 Å². The van der Waals surface area contributed by atoms with Gasteiger partial charge < -0.3 is 66.1 Å². The third-order valence-electron chi connectivity index (χ3n) is 7.73. The van der Waals surface area contributed by atoms with Crippen molar-refractivity contribution in [1.82, 2.24) is 32.0 Å². The molecule has 6 atom stereocenters. The molecular formula is C30H59N17O7. The molecule has 0 aliphatic heterocycles. The molecule has 0 unspecified atom stereocenters. The van der Waals surface area contributed by atoms with E-state index in [1.807, 2.05) is 0 Å². The van der Waals surface area contributed by atoms with E-state index in [4.69, 9.17) is 39.9 Å². The fourth-order valence-electron chi connectivity index (χ4n) is 4.71. The fraction of sp³-hybridized carbons (Fsp3) is 0.733. The summed E-state index contributed by atoms with van der Waals surface area (Å²) in [6.07, 6.45) is 2.92. The number of unbranched alkanes of at least 4 members (excludes halogenated alkanes) is 2. The Hall–Kier alpha value is -5.61. The third kappa shape index (κ3) is 22.4. The number of nitrogens with zero attached hydrogens (tertiary/aromatic N) is 5. The van der Waals surface area contributed by atoms with Crippen LogP contribution < -0.4 is 66.4 Å². The van der Waals surface area contributed by atoms with Crippen LogP contribution in [0.2, 0.25) is 0 Å². The Morgan fingerprint density at radius 3 is 1.57 bits per heavy atom. The number of aliphatic imine (C=N–C) groups is 2. The average Bonchev–Trinajstić information content (AvgIpc) is 3.10. The lowest BCUT2D eigenvalue weighted by Crippen LogP contribution is -2.58. The molecule has 0 aliphatic rings. The number of guanidine groups is 2. The first kappa shape index (κ1) is 48.4. The summed E-state index contributed by atoms with van der Waals surface area (Å²) < 4.78 is 0. The Morgan fingerprint density at radius 1 is 0.630 bits per heavy atom. The molecule has 0 aromatic heterocycles. The van der Waals surface area contributed by atoms with Gasteiger partial charge >= 0.3 is 5.97 Å². The molecule has 0 spiro atoms. The van der Waals surface area contributed by atoms with Crippen molar-refractivity contribution >= 4 is 47.4 Å². The molecule has 0 bridgehead atoms. The standard InChI is InChI=1S/C30H59N17O7/c1-17(41-25(50)19(32)9-7-14-38-29(33)34)23(48)43-20(10-3-5-13-31)26(51)42-18(2)24(49)44-21(12-8-15-39-30(35)36)27(52)45-22(28(53)54)11-4-6-16-40-47-46-37/h17-22,40H,3-16,31-32H2,1-2H3,(H,41,50)(H,42,51)(H,43,48)(H,44,49)(H,45,52)(H,53,54)(H4,33,34,38)(H4,35,36,39)/t17-,18-,19-,20-,21-,22-/m0/s1. The minimum Gasteiger partial charge on any atom is -0.480 e. The van der Waals surface area contributed by atoms with Crippen molar-refractivity contribution in [2.75, 3.05) is 26.2 Å². The normalized spacial score (nSPS) is 13.9. The molecule has 54 heavy (non-hydrogen) atoms. The van der Waals surface area contributed by atoms with Crippen LogP contribution in [0, 0.1) is 0 Å². The first-order valence-corrected chi connectivity index (χ1v) is 17.6. The number of amides is 5. The maximum Gasteiger partial charge on any atom is 0.326 e. The predicted octanol–water partition coefficient (Wildman–Crippen LogP) is -3.92. The van der Waals surface area contributed by atoms with Gasteiger partial charge in [0.2, 0.25) is 29.5 Å². The predicted molar refractivity (Wildman–Crippen MR) is 200 cm³/mol. The van der Waals surface area contributed by atoms with Crippen LogP contribution in [-0.2, 0) is 28.8 Å². The van der Waals surface area contributed by atoms with E-state index in [1.54, 1.807) is 0 Å². The largest absolute Gasteiger partial charge is 0.480 e. The van der Waals surface area contributed by atoms with Gasteiger partial charge in [-0.25, -0.2) is 4.79 Å².